The maximum Gasteiger partial charge on any atom is 0.00298 e. The third kappa shape index (κ3) is 3.48. The molecule has 1 aliphatic rings. The molecule has 0 aliphatic carbocycles. The van der Waals surface area contributed by atoms with Gasteiger partial charge in [-0.1, -0.05) is 41.5 Å². The van der Waals surface area contributed by atoms with Gasteiger partial charge in [-0.3, -0.25) is 0 Å². The lowest BCUT2D eigenvalue weighted by Crippen LogP contribution is -2.43. The van der Waals surface area contributed by atoms with Gasteiger partial charge in [0.15, 0.2) is 0 Å². The Morgan fingerprint density at radius 2 is 1.69 bits per heavy atom. The summed E-state index contributed by atoms with van der Waals surface area (Å²) in [7, 11) is 2.28. The molecule has 0 saturated carbocycles. The van der Waals surface area contributed by atoms with Crippen molar-refractivity contribution in [1.82, 2.24) is 4.90 Å². The van der Waals surface area contributed by atoms with Crippen molar-refractivity contribution < 1.29 is 0 Å². The molecule has 1 saturated heterocycles. The highest BCUT2D eigenvalue weighted by molar-refractivity contribution is 4.89. The summed E-state index contributed by atoms with van der Waals surface area (Å²) in [6.07, 6.45) is 2.70. The summed E-state index contributed by atoms with van der Waals surface area (Å²) in [5.74, 6) is 1.66. The topological polar surface area (TPSA) is 3.24 Å². The molecule has 0 spiro atoms. The van der Waals surface area contributed by atoms with Gasteiger partial charge in [-0.25, -0.2) is 0 Å². The van der Waals surface area contributed by atoms with Crippen LogP contribution in [0.4, 0.5) is 0 Å². The molecule has 1 aliphatic heterocycles. The Morgan fingerprint density at radius 1 is 1.12 bits per heavy atom. The van der Waals surface area contributed by atoms with Crippen molar-refractivity contribution in [3.05, 3.63) is 0 Å². The summed E-state index contributed by atoms with van der Waals surface area (Å²) >= 11 is 0. The maximum absolute atomic E-state index is 2.52. The third-order valence-corrected chi connectivity index (χ3v) is 4.26. The SMILES string of the molecule is CC(C)C1CCN(C)CC(C)(C)CC1(C)C. The molecule has 1 rings (SSSR count). The Bertz CT molecular complexity index is 228. The minimum absolute atomic E-state index is 0.450. The third-order valence-electron chi connectivity index (χ3n) is 4.26. The van der Waals surface area contributed by atoms with E-state index in [4.69, 9.17) is 0 Å². The highest BCUT2D eigenvalue weighted by atomic mass is 15.1. The molecule has 0 bridgehead atoms. The monoisotopic (exact) mass is 225 g/mol. The van der Waals surface area contributed by atoms with Gasteiger partial charge in [-0.2, -0.15) is 0 Å². The van der Waals surface area contributed by atoms with Crippen LogP contribution in [0, 0.1) is 22.7 Å². The summed E-state index contributed by atoms with van der Waals surface area (Å²) in [6.45, 7) is 17.1. The van der Waals surface area contributed by atoms with E-state index in [1.807, 2.05) is 0 Å². The molecule has 0 aromatic carbocycles. The summed E-state index contributed by atoms with van der Waals surface area (Å²) in [5, 5.41) is 0. The van der Waals surface area contributed by atoms with Gasteiger partial charge in [0.25, 0.3) is 0 Å². The van der Waals surface area contributed by atoms with Crippen molar-refractivity contribution >= 4 is 0 Å². The molecule has 0 aromatic heterocycles. The van der Waals surface area contributed by atoms with E-state index in [-0.39, 0.29) is 0 Å². The van der Waals surface area contributed by atoms with E-state index in [2.05, 4.69) is 53.5 Å². The Labute approximate surface area is 103 Å². The van der Waals surface area contributed by atoms with Crippen LogP contribution in [-0.2, 0) is 0 Å². The number of nitrogens with zero attached hydrogens (tertiary/aromatic N) is 1. The van der Waals surface area contributed by atoms with Crippen molar-refractivity contribution in [1.29, 1.82) is 0 Å². The molecular weight excluding hydrogens is 194 g/mol. The van der Waals surface area contributed by atoms with Gasteiger partial charge in [0.1, 0.15) is 0 Å². The fraction of sp³-hybridized carbons (Fsp3) is 1.00. The molecule has 0 radical (unpaired) electrons. The first-order valence-corrected chi connectivity index (χ1v) is 6.83. The molecule has 1 atom stereocenters. The van der Waals surface area contributed by atoms with E-state index in [1.54, 1.807) is 0 Å². The molecular formula is C15H31N. The summed E-state index contributed by atoms with van der Waals surface area (Å²) in [4.78, 5) is 2.52. The second-order valence-electron chi connectivity index (χ2n) is 7.71. The molecule has 16 heavy (non-hydrogen) atoms. The zero-order valence-electron chi connectivity index (χ0n) is 12.4. The molecule has 1 nitrogen and oxygen atoms in total. The Balaban J connectivity index is 2.88. The second kappa shape index (κ2) is 4.68. The molecule has 1 heteroatoms. The van der Waals surface area contributed by atoms with Crippen molar-refractivity contribution in [3.8, 4) is 0 Å². The lowest BCUT2D eigenvalue weighted by molar-refractivity contribution is 0.0327. The van der Waals surface area contributed by atoms with Gasteiger partial charge in [0.05, 0.1) is 0 Å². The largest absolute Gasteiger partial charge is 0.306 e. The predicted molar refractivity (Wildman–Crippen MR) is 72.6 cm³/mol. The summed E-state index contributed by atoms with van der Waals surface area (Å²) in [6, 6.07) is 0. The molecule has 0 aromatic rings. The normalized spacial score (nSPS) is 31.1. The molecule has 0 N–H and O–H groups in total. The summed E-state index contributed by atoms with van der Waals surface area (Å²) in [5.41, 5.74) is 0.935. The minimum atomic E-state index is 0.450. The zero-order chi connectivity index (χ0) is 12.6. The number of hydrogen-bond donors (Lipinski definition) is 0. The van der Waals surface area contributed by atoms with Crippen molar-refractivity contribution in [3.63, 3.8) is 0 Å². The highest BCUT2D eigenvalue weighted by Crippen LogP contribution is 2.45. The van der Waals surface area contributed by atoms with E-state index in [0.29, 0.717) is 10.8 Å². The van der Waals surface area contributed by atoms with Crippen LogP contribution in [0.15, 0.2) is 0 Å². The molecule has 0 amide bonds. The second-order valence-corrected chi connectivity index (χ2v) is 7.71. The van der Waals surface area contributed by atoms with Gasteiger partial charge in [-0.15, -0.1) is 0 Å². The van der Waals surface area contributed by atoms with Crippen LogP contribution in [0.25, 0.3) is 0 Å². The molecule has 96 valence electrons. The van der Waals surface area contributed by atoms with E-state index in [9.17, 15) is 0 Å². The van der Waals surface area contributed by atoms with Crippen LogP contribution < -0.4 is 0 Å². The average molecular weight is 225 g/mol. The molecule has 1 fully saturated rings. The van der Waals surface area contributed by atoms with Crippen molar-refractivity contribution in [2.75, 3.05) is 20.1 Å². The van der Waals surface area contributed by atoms with Crippen LogP contribution in [0.1, 0.15) is 54.4 Å². The van der Waals surface area contributed by atoms with Gasteiger partial charge < -0.3 is 4.90 Å². The smallest absolute Gasteiger partial charge is 0.00298 e. The highest BCUT2D eigenvalue weighted by Gasteiger charge is 2.38. The van der Waals surface area contributed by atoms with Crippen molar-refractivity contribution in [2.24, 2.45) is 22.7 Å². The first-order chi connectivity index (χ1) is 7.14. The van der Waals surface area contributed by atoms with Crippen LogP contribution in [0.2, 0.25) is 0 Å². The lowest BCUT2D eigenvalue weighted by atomic mass is 9.63. The zero-order valence-corrected chi connectivity index (χ0v) is 12.4. The van der Waals surface area contributed by atoms with Crippen LogP contribution in [0.5, 0.6) is 0 Å². The number of hydrogen-bond acceptors (Lipinski definition) is 1. The van der Waals surface area contributed by atoms with Gasteiger partial charge in [-0.05, 0) is 49.1 Å². The lowest BCUT2D eigenvalue weighted by Gasteiger charge is -2.46. The van der Waals surface area contributed by atoms with Crippen molar-refractivity contribution in [2.45, 2.75) is 54.4 Å². The Hall–Kier alpha value is -0.0400. The Kier molecular flexibility index (Phi) is 4.10. The van der Waals surface area contributed by atoms with E-state index >= 15 is 0 Å². The van der Waals surface area contributed by atoms with Gasteiger partial charge in [0.2, 0.25) is 0 Å². The van der Waals surface area contributed by atoms with Crippen LogP contribution >= 0.6 is 0 Å². The molecule has 1 unspecified atom stereocenters. The fourth-order valence-corrected chi connectivity index (χ4v) is 4.22. The van der Waals surface area contributed by atoms with E-state index < -0.39 is 0 Å². The Morgan fingerprint density at radius 3 is 2.19 bits per heavy atom. The average Bonchev–Trinajstić information content (AvgIpc) is 1.96. The van der Waals surface area contributed by atoms with Crippen LogP contribution in [-0.4, -0.2) is 25.0 Å². The van der Waals surface area contributed by atoms with E-state index in [0.717, 1.165) is 11.8 Å². The molecule has 1 heterocycles. The van der Waals surface area contributed by atoms with Gasteiger partial charge >= 0.3 is 0 Å². The fourth-order valence-electron chi connectivity index (χ4n) is 4.22. The first kappa shape index (κ1) is 14.0. The number of likely N-dealkylation sites (tertiary alicyclic amines) is 1. The first-order valence-electron chi connectivity index (χ1n) is 6.83. The maximum atomic E-state index is 2.52. The van der Waals surface area contributed by atoms with Gasteiger partial charge in [0, 0.05) is 6.54 Å². The predicted octanol–water partition coefficient (Wildman–Crippen LogP) is 4.04. The van der Waals surface area contributed by atoms with E-state index in [1.165, 1.54) is 25.9 Å². The number of rotatable bonds is 1. The quantitative estimate of drug-likeness (QED) is 0.651. The van der Waals surface area contributed by atoms with Crippen LogP contribution in [0.3, 0.4) is 0 Å². The summed E-state index contributed by atoms with van der Waals surface area (Å²) < 4.78 is 0. The standard InChI is InChI=1S/C15H31N/c1-12(2)13-8-9-16(7)11-14(3,4)10-15(13,5)6/h12-13H,8-11H2,1-7H3. The minimum Gasteiger partial charge on any atom is -0.306 e.